The summed E-state index contributed by atoms with van der Waals surface area (Å²) in [7, 11) is 0. The number of aromatic nitrogens is 4. The molecule has 4 aromatic heterocycles. The van der Waals surface area contributed by atoms with Gasteiger partial charge in [-0.3, -0.25) is 4.57 Å². The number of para-hydroxylation sites is 1. The van der Waals surface area contributed by atoms with Gasteiger partial charge in [0.25, 0.3) is 0 Å². The molecule has 0 saturated carbocycles. The highest BCUT2D eigenvalue weighted by atomic mass is 32.1. The predicted octanol–water partition coefficient (Wildman–Crippen LogP) is 8.67. The molecule has 0 aliphatic rings. The van der Waals surface area contributed by atoms with Crippen LogP contribution in [0.3, 0.4) is 0 Å². The van der Waals surface area contributed by atoms with E-state index in [0.29, 0.717) is 5.82 Å². The van der Waals surface area contributed by atoms with Crippen molar-refractivity contribution < 1.29 is 0 Å². The Morgan fingerprint density at radius 1 is 0.526 bits per heavy atom. The summed E-state index contributed by atoms with van der Waals surface area (Å²) in [5.74, 6) is 1.52. The first kappa shape index (κ1) is 21.2. The standard InChI is InChI=1S/C33H20N4S/c1-3-11-21(12-4-1)26-20-30(35-32(34-26)22-13-5-2-6-14-22)37-27-17-9-7-16-24(27)31-28(37)19-25-23-15-8-10-18-29(23)38-33(25)36-31/h1-20H. The maximum absolute atomic E-state index is 5.20. The van der Waals surface area contributed by atoms with Gasteiger partial charge in [-0.1, -0.05) is 97.1 Å². The Morgan fingerprint density at radius 2 is 1.21 bits per heavy atom. The van der Waals surface area contributed by atoms with Crippen molar-refractivity contribution >= 4 is 53.6 Å². The van der Waals surface area contributed by atoms with E-state index in [0.717, 1.165) is 49.4 Å². The minimum absolute atomic E-state index is 0.697. The molecular weight excluding hydrogens is 484 g/mol. The summed E-state index contributed by atoms with van der Waals surface area (Å²) in [4.78, 5) is 16.4. The van der Waals surface area contributed by atoms with Crippen LogP contribution >= 0.6 is 11.3 Å². The van der Waals surface area contributed by atoms with Gasteiger partial charge in [0.05, 0.1) is 22.2 Å². The first-order chi connectivity index (χ1) is 18.8. The molecule has 5 heteroatoms. The molecule has 0 unspecified atom stereocenters. The average Bonchev–Trinajstić information content (AvgIpc) is 3.51. The summed E-state index contributed by atoms with van der Waals surface area (Å²) in [6, 6.07) is 41.8. The minimum atomic E-state index is 0.697. The first-order valence-corrected chi connectivity index (χ1v) is 13.4. The molecule has 0 fully saturated rings. The molecule has 4 aromatic carbocycles. The van der Waals surface area contributed by atoms with Gasteiger partial charge in [-0.2, -0.15) is 0 Å². The van der Waals surface area contributed by atoms with Crippen LogP contribution in [0.4, 0.5) is 0 Å². The van der Waals surface area contributed by atoms with Crippen molar-refractivity contribution in [2.75, 3.05) is 0 Å². The van der Waals surface area contributed by atoms with Gasteiger partial charge in [-0.25, -0.2) is 15.0 Å². The third-order valence-electron chi connectivity index (χ3n) is 7.04. The highest BCUT2D eigenvalue weighted by Gasteiger charge is 2.19. The lowest BCUT2D eigenvalue weighted by Gasteiger charge is -2.12. The summed E-state index contributed by atoms with van der Waals surface area (Å²) < 4.78 is 3.49. The van der Waals surface area contributed by atoms with Crippen LogP contribution in [0, 0.1) is 0 Å². The Hall–Kier alpha value is -4.87. The van der Waals surface area contributed by atoms with Crippen molar-refractivity contribution in [2.24, 2.45) is 0 Å². The van der Waals surface area contributed by atoms with Crippen LogP contribution in [0.1, 0.15) is 0 Å². The van der Waals surface area contributed by atoms with E-state index < -0.39 is 0 Å². The number of rotatable bonds is 3. The van der Waals surface area contributed by atoms with E-state index in [-0.39, 0.29) is 0 Å². The SMILES string of the molecule is c1ccc(-c2cc(-n3c4ccccc4c4nc5sc6ccccc6c5cc43)nc(-c3ccccc3)n2)cc1. The van der Waals surface area contributed by atoms with Crippen LogP contribution in [0.15, 0.2) is 121 Å². The second-order valence-corrected chi connectivity index (χ2v) is 10.4. The lowest BCUT2D eigenvalue weighted by molar-refractivity contribution is 1.05. The highest BCUT2D eigenvalue weighted by molar-refractivity contribution is 7.25. The largest absolute Gasteiger partial charge is 0.292 e. The second-order valence-electron chi connectivity index (χ2n) is 9.33. The van der Waals surface area contributed by atoms with Crippen LogP contribution in [0.5, 0.6) is 0 Å². The summed E-state index contributed by atoms with van der Waals surface area (Å²) in [5, 5.41) is 3.52. The number of hydrogen-bond donors (Lipinski definition) is 0. The number of benzene rings is 4. The molecule has 4 heterocycles. The third-order valence-corrected chi connectivity index (χ3v) is 8.12. The Kier molecular flexibility index (Phi) is 4.66. The van der Waals surface area contributed by atoms with Crippen molar-refractivity contribution in [3.8, 4) is 28.5 Å². The van der Waals surface area contributed by atoms with E-state index in [9.17, 15) is 0 Å². The Bertz CT molecular complexity index is 2070. The Labute approximate surface area is 222 Å². The minimum Gasteiger partial charge on any atom is -0.292 e. The Morgan fingerprint density at radius 3 is 2.03 bits per heavy atom. The molecule has 0 N–H and O–H groups in total. The van der Waals surface area contributed by atoms with Crippen LogP contribution < -0.4 is 0 Å². The molecule has 0 atom stereocenters. The molecule has 178 valence electrons. The maximum atomic E-state index is 5.20. The van der Waals surface area contributed by atoms with Gasteiger partial charge >= 0.3 is 0 Å². The quantitative estimate of drug-likeness (QED) is 0.242. The van der Waals surface area contributed by atoms with Gasteiger partial charge in [0.2, 0.25) is 0 Å². The van der Waals surface area contributed by atoms with Gasteiger partial charge < -0.3 is 0 Å². The smallest absolute Gasteiger partial charge is 0.162 e. The normalized spacial score (nSPS) is 11.7. The van der Waals surface area contributed by atoms with Gasteiger partial charge in [0.1, 0.15) is 10.6 Å². The second kappa shape index (κ2) is 8.33. The van der Waals surface area contributed by atoms with Crippen LogP contribution in [-0.4, -0.2) is 19.5 Å². The van der Waals surface area contributed by atoms with E-state index in [2.05, 4.69) is 89.5 Å². The van der Waals surface area contributed by atoms with Gasteiger partial charge in [0.15, 0.2) is 5.82 Å². The number of hydrogen-bond acceptors (Lipinski definition) is 4. The molecule has 4 nitrogen and oxygen atoms in total. The lowest BCUT2D eigenvalue weighted by atomic mass is 10.1. The van der Waals surface area contributed by atoms with Crippen molar-refractivity contribution in [2.45, 2.75) is 0 Å². The highest BCUT2D eigenvalue weighted by Crippen LogP contribution is 2.38. The molecule has 0 amide bonds. The van der Waals surface area contributed by atoms with E-state index in [1.807, 2.05) is 36.4 Å². The van der Waals surface area contributed by atoms with Crippen LogP contribution in [-0.2, 0) is 0 Å². The first-order valence-electron chi connectivity index (χ1n) is 12.6. The number of pyridine rings is 1. The summed E-state index contributed by atoms with van der Waals surface area (Å²) in [6.07, 6.45) is 0. The lowest BCUT2D eigenvalue weighted by Crippen LogP contribution is -2.02. The molecule has 0 saturated heterocycles. The zero-order chi connectivity index (χ0) is 25.1. The molecule has 0 aliphatic heterocycles. The number of nitrogens with zero attached hydrogens (tertiary/aromatic N) is 4. The molecule has 8 aromatic rings. The van der Waals surface area contributed by atoms with E-state index in [1.165, 1.54) is 15.5 Å². The Balaban J connectivity index is 1.49. The molecule has 0 radical (unpaired) electrons. The summed E-state index contributed by atoms with van der Waals surface area (Å²) in [5.41, 5.74) is 6.03. The van der Waals surface area contributed by atoms with Crippen molar-refractivity contribution in [3.63, 3.8) is 0 Å². The molecule has 0 aliphatic carbocycles. The third kappa shape index (κ3) is 3.26. The van der Waals surface area contributed by atoms with Crippen LogP contribution in [0.2, 0.25) is 0 Å². The fourth-order valence-corrected chi connectivity index (χ4v) is 6.33. The van der Waals surface area contributed by atoms with Gasteiger partial charge in [-0.05, 0) is 18.2 Å². The molecule has 0 bridgehead atoms. The van der Waals surface area contributed by atoms with Crippen molar-refractivity contribution in [1.82, 2.24) is 19.5 Å². The van der Waals surface area contributed by atoms with Crippen molar-refractivity contribution in [1.29, 1.82) is 0 Å². The monoisotopic (exact) mass is 504 g/mol. The van der Waals surface area contributed by atoms with E-state index in [1.54, 1.807) is 11.3 Å². The molecule has 8 rings (SSSR count). The fourth-order valence-electron chi connectivity index (χ4n) is 5.28. The predicted molar refractivity (Wildman–Crippen MR) is 158 cm³/mol. The molecule has 38 heavy (non-hydrogen) atoms. The molecular formula is C33H20N4S. The fraction of sp³-hybridized carbons (Fsp3) is 0. The number of fused-ring (bicyclic) bond motifs is 6. The van der Waals surface area contributed by atoms with Gasteiger partial charge in [0, 0.05) is 38.1 Å². The molecule has 0 spiro atoms. The number of thiophene rings is 1. The van der Waals surface area contributed by atoms with E-state index >= 15 is 0 Å². The van der Waals surface area contributed by atoms with E-state index in [4.69, 9.17) is 15.0 Å². The topological polar surface area (TPSA) is 43.6 Å². The zero-order valence-corrected chi connectivity index (χ0v) is 21.1. The summed E-state index contributed by atoms with van der Waals surface area (Å²) >= 11 is 1.74. The van der Waals surface area contributed by atoms with Gasteiger partial charge in [-0.15, -0.1) is 11.3 Å². The van der Waals surface area contributed by atoms with Crippen molar-refractivity contribution in [3.05, 3.63) is 121 Å². The average molecular weight is 505 g/mol. The summed E-state index contributed by atoms with van der Waals surface area (Å²) in [6.45, 7) is 0. The van der Waals surface area contributed by atoms with Crippen LogP contribution in [0.25, 0.3) is 70.7 Å². The maximum Gasteiger partial charge on any atom is 0.162 e. The zero-order valence-electron chi connectivity index (χ0n) is 20.2.